The van der Waals surface area contributed by atoms with Crippen molar-refractivity contribution in [2.24, 2.45) is 5.92 Å². The van der Waals surface area contributed by atoms with E-state index in [4.69, 9.17) is 9.47 Å². The summed E-state index contributed by atoms with van der Waals surface area (Å²) in [6.45, 7) is 6.93. The number of carbonyl (C=O) groups is 3. The van der Waals surface area contributed by atoms with Gasteiger partial charge in [-0.1, -0.05) is 31.4 Å². The number of hydrogen-bond acceptors (Lipinski definition) is 7. The fourth-order valence-corrected chi connectivity index (χ4v) is 7.27. The van der Waals surface area contributed by atoms with Gasteiger partial charge in [0, 0.05) is 5.25 Å². The number of nitrogens with one attached hydrogen (secondary N) is 2. The van der Waals surface area contributed by atoms with Gasteiger partial charge in [0.15, 0.2) is 0 Å². The maximum absolute atomic E-state index is 13.0. The van der Waals surface area contributed by atoms with Crippen LogP contribution in [0.25, 0.3) is 0 Å². The molecule has 11 heteroatoms. The standard InChI is InChI=1S/C27H41N3O6S2/c1-18(28-24(32)25-30(15-16-38(25)34)26(33)36-27(2,3)4)23(31)29-37-22(20-9-7-6-8-10-20)17-19-11-13-21(35-5)14-12-19/h11-14,18,20,22,25H,6-10,15-17H2,1-5H3,(H,28,32)(H,29,31)/t18-,22?,25-,38+/m1/s1. The second kappa shape index (κ2) is 13.8. The number of ether oxygens (including phenoxy) is 2. The Labute approximate surface area is 233 Å². The van der Waals surface area contributed by atoms with Crippen molar-refractivity contribution < 1.29 is 28.4 Å². The second-order valence-electron chi connectivity index (χ2n) is 10.9. The molecule has 0 aromatic heterocycles. The van der Waals surface area contributed by atoms with Crippen LogP contribution >= 0.6 is 11.9 Å². The molecule has 0 radical (unpaired) electrons. The Balaban J connectivity index is 1.58. The molecule has 1 aromatic carbocycles. The lowest BCUT2D eigenvalue weighted by molar-refractivity contribution is -0.128. The molecule has 9 nitrogen and oxygen atoms in total. The van der Waals surface area contributed by atoms with Crippen molar-refractivity contribution in [2.75, 3.05) is 19.4 Å². The van der Waals surface area contributed by atoms with Gasteiger partial charge in [0.25, 0.3) is 17.2 Å². The van der Waals surface area contributed by atoms with Crippen LogP contribution in [-0.2, 0) is 31.9 Å². The molecule has 1 aromatic rings. The molecule has 4 atom stereocenters. The van der Waals surface area contributed by atoms with Gasteiger partial charge >= 0.3 is 6.09 Å². The SMILES string of the molecule is COc1ccc(CC(SNC(=O)[C@@H](C)NC(=O)[C@@H]2N(C(=O)OC(C)(C)C)CC[S@+]2[O-])C2CCCCC2)cc1. The number of carbonyl (C=O) groups excluding carboxylic acids is 3. The third-order valence-electron chi connectivity index (χ3n) is 6.75. The van der Waals surface area contributed by atoms with Crippen molar-refractivity contribution in [1.29, 1.82) is 0 Å². The topological polar surface area (TPSA) is 120 Å². The van der Waals surface area contributed by atoms with Crippen molar-refractivity contribution in [2.45, 2.75) is 88.5 Å². The van der Waals surface area contributed by atoms with Gasteiger partial charge in [-0.25, -0.2) is 9.69 Å². The van der Waals surface area contributed by atoms with Crippen molar-refractivity contribution in [3.05, 3.63) is 29.8 Å². The molecule has 38 heavy (non-hydrogen) atoms. The van der Waals surface area contributed by atoms with Crippen LogP contribution in [-0.4, -0.2) is 69.0 Å². The van der Waals surface area contributed by atoms with Crippen LogP contribution in [0.4, 0.5) is 4.79 Å². The van der Waals surface area contributed by atoms with Crippen LogP contribution in [0.1, 0.15) is 65.4 Å². The molecule has 1 unspecified atom stereocenters. The number of hydrogen-bond donors (Lipinski definition) is 2. The summed E-state index contributed by atoms with van der Waals surface area (Å²) in [5.74, 6) is 0.515. The summed E-state index contributed by atoms with van der Waals surface area (Å²) in [4.78, 5) is 39.7. The first-order chi connectivity index (χ1) is 18.0. The zero-order valence-corrected chi connectivity index (χ0v) is 24.6. The van der Waals surface area contributed by atoms with Crippen molar-refractivity contribution in [1.82, 2.24) is 14.9 Å². The molecule has 212 valence electrons. The molecule has 1 saturated heterocycles. The Morgan fingerprint density at radius 1 is 1.16 bits per heavy atom. The second-order valence-corrected chi connectivity index (χ2v) is 13.6. The Bertz CT molecular complexity index is 949. The minimum absolute atomic E-state index is 0.157. The fourth-order valence-electron chi connectivity index (χ4n) is 4.70. The Kier molecular flexibility index (Phi) is 11.1. The lowest BCUT2D eigenvalue weighted by Crippen LogP contribution is -2.54. The first kappa shape index (κ1) is 30.4. The molecule has 1 saturated carbocycles. The molecule has 1 heterocycles. The Hall–Kier alpha value is -2.11. The van der Waals surface area contributed by atoms with Gasteiger partial charge in [-0.2, -0.15) is 0 Å². The number of methoxy groups -OCH3 is 1. The van der Waals surface area contributed by atoms with Gasteiger partial charge in [-0.05, 0) is 93.7 Å². The molecule has 1 aliphatic heterocycles. The number of amides is 3. The average Bonchev–Trinajstić information content (AvgIpc) is 3.27. The number of rotatable bonds is 9. The van der Waals surface area contributed by atoms with E-state index in [1.54, 1.807) is 34.8 Å². The van der Waals surface area contributed by atoms with E-state index in [9.17, 15) is 18.9 Å². The van der Waals surface area contributed by atoms with E-state index in [0.717, 1.165) is 25.0 Å². The highest BCUT2D eigenvalue weighted by Gasteiger charge is 2.47. The number of nitrogens with zero attached hydrogens (tertiary/aromatic N) is 1. The van der Waals surface area contributed by atoms with Gasteiger partial charge in [-0.15, -0.1) is 0 Å². The van der Waals surface area contributed by atoms with Crippen molar-refractivity contribution >= 4 is 41.0 Å². The molecular weight excluding hydrogens is 526 g/mol. The first-order valence-corrected chi connectivity index (χ1v) is 15.5. The molecular formula is C27H41N3O6S2. The predicted octanol–water partition coefficient (Wildman–Crippen LogP) is 3.78. The van der Waals surface area contributed by atoms with Gasteiger partial charge in [0.2, 0.25) is 0 Å². The maximum Gasteiger partial charge on any atom is 0.414 e. The summed E-state index contributed by atoms with van der Waals surface area (Å²) in [7, 11) is 1.64. The molecule has 2 N–H and O–H groups in total. The van der Waals surface area contributed by atoms with Gasteiger partial charge in [0.05, 0.1) is 13.7 Å². The van der Waals surface area contributed by atoms with Crippen molar-refractivity contribution in [3.63, 3.8) is 0 Å². The van der Waals surface area contributed by atoms with Gasteiger partial charge in [-0.3, -0.25) is 14.3 Å². The van der Waals surface area contributed by atoms with Crippen LogP contribution < -0.4 is 14.8 Å². The number of benzene rings is 1. The van der Waals surface area contributed by atoms with Crippen LogP contribution in [0, 0.1) is 5.92 Å². The van der Waals surface area contributed by atoms with Gasteiger partial charge < -0.3 is 19.3 Å². The lowest BCUT2D eigenvalue weighted by atomic mass is 9.85. The van der Waals surface area contributed by atoms with E-state index in [0.29, 0.717) is 5.92 Å². The zero-order valence-electron chi connectivity index (χ0n) is 23.0. The molecule has 3 amide bonds. The van der Waals surface area contributed by atoms with Crippen LogP contribution in [0.15, 0.2) is 24.3 Å². The third-order valence-corrected chi connectivity index (χ3v) is 9.48. The van der Waals surface area contributed by atoms with E-state index >= 15 is 0 Å². The van der Waals surface area contributed by atoms with E-state index in [2.05, 4.69) is 22.2 Å². The van der Waals surface area contributed by atoms with E-state index in [1.807, 2.05) is 12.1 Å². The summed E-state index contributed by atoms with van der Waals surface area (Å²) in [5, 5.41) is 1.66. The van der Waals surface area contributed by atoms with Crippen molar-refractivity contribution in [3.8, 4) is 5.75 Å². The largest absolute Gasteiger partial charge is 0.614 e. The third kappa shape index (κ3) is 8.71. The van der Waals surface area contributed by atoms with E-state index < -0.39 is 40.2 Å². The lowest BCUT2D eigenvalue weighted by Gasteiger charge is -2.30. The van der Waals surface area contributed by atoms with Gasteiger partial charge in [0.1, 0.15) is 23.1 Å². The highest BCUT2D eigenvalue weighted by Crippen LogP contribution is 2.34. The molecule has 2 fully saturated rings. The molecule has 2 aliphatic rings. The van der Waals surface area contributed by atoms with Crippen LogP contribution in [0.3, 0.4) is 0 Å². The maximum atomic E-state index is 13.0. The van der Waals surface area contributed by atoms with E-state index in [1.165, 1.54) is 41.7 Å². The zero-order chi connectivity index (χ0) is 27.9. The summed E-state index contributed by atoms with van der Waals surface area (Å²) < 4.78 is 26.1. The summed E-state index contributed by atoms with van der Waals surface area (Å²) >= 11 is -0.158. The Morgan fingerprint density at radius 3 is 2.42 bits per heavy atom. The molecule has 3 rings (SSSR count). The minimum atomic E-state index is -1.57. The first-order valence-electron chi connectivity index (χ1n) is 13.2. The fraction of sp³-hybridized carbons (Fsp3) is 0.667. The summed E-state index contributed by atoms with van der Waals surface area (Å²) in [5.41, 5.74) is 0.434. The highest BCUT2D eigenvalue weighted by atomic mass is 32.2. The van der Waals surface area contributed by atoms with Crippen LogP contribution in [0.2, 0.25) is 0 Å². The highest BCUT2D eigenvalue weighted by molar-refractivity contribution is 7.98. The van der Waals surface area contributed by atoms with E-state index in [-0.39, 0.29) is 23.5 Å². The molecule has 0 bridgehead atoms. The molecule has 0 spiro atoms. The average molecular weight is 568 g/mol. The summed E-state index contributed by atoms with van der Waals surface area (Å²) in [6, 6.07) is 7.14. The normalized spacial score (nSPS) is 21.9. The van der Waals surface area contributed by atoms with Crippen LogP contribution in [0.5, 0.6) is 5.75 Å². The summed E-state index contributed by atoms with van der Waals surface area (Å²) in [6.07, 6.45) is 6.01. The predicted molar refractivity (Wildman–Crippen MR) is 150 cm³/mol. The Morgan fingerprint density at radius 2 is 1.82 bits per heavy atom. The monoisotopic (exact) mass is 567 g/mol. The smallest absolute Gasteiger partial charge is 0.414 e. The minimum Gasteiger partial charge on any atom is -0.614 e. The molecule has 1 aliphatic carbocycles. The quantitative estimate of drug-likeness (QED) is 0.344.